The molecule has 0 bridgehead atoms. The summed E-state index contributed by atoms with van der Waals surface area (Å²) in [4.78, 5) is 14.8. The molecule has 0 saturated carbocycles. The van der Waals surface area contributed by atoms with Gasteiger partial charge in [-0.05, 0) is 46.1 Å². The summed E-state index contributed by atoms with van der Waals surface area (Å²) in [6, 6.07) is 18.1. The molecule has 1 aliphatic rings. The van der Waals surface area contributed by atoms with Crippen LogP contribution in [0.3, 0.4) is 0 Å². The SMILES string of the molecule is NC[C@@H]1CN(C(=O)Cc2ccc(-n3cnnn3)cc2)C[C@H]1c1ccccc1. The molecule has 138 valence electrons. The Kier molecular flexibility index (Phi) is 4.93. The number of amides is 1. The predicted octanol–water partition coefficient (Wildman–Crippen LogP) is 1.41. The van der Waals surface area contributed by atoms with Gasteiger partial charge in [0.1, 0.15) is 6.33 Å². The highest BCUT2D eigenvalue weighted by Crippen LogP contribution is 2.32. The first kappa shape index (κ1) is 17.4. The number of carbonyl (C=O) groups is 1. The number of rotatable bonds is 5. The summed E-state index contributed by atoms with van der Waals surface area (Å²) in [6.45, 7) is 2.04. The van der Waals surface area contributed by atoms with Crippen molar-refractivity contribution in [2.45, 2.75) is 12.3 Å². The molecule has 1 fully saturated rings. The van der Waals surface area contributed by atoms with Gasteiger partial charge in [0.2, 0.25) is 5.91 Å². The van der Waals surface area contributed by atoms with Crippen molar-refractivity contribution in [2.24, 2.45) is 11.7 Å². The number of nitrogens with two attached hydrogens (primary N) is 1. The molecule has 7 heteroatoms. The summed E-state index contributed by atoms with van der Waals surface area (Å²) in [5, 5.41) is 11.1. The molecule has 0 aliphatic carbocycles. The summed E-state index contributed by atoms with van der Waals surface area (Å²) in [5.74, 6) is 0.753. The van der Waals surface area contributed by atoms with E-state index >= 15 is 0 Å². The molecule has 1 aromatic heterocycles. The third-order valence-corrected chi connectivity index (χ3v) is 5.23. The van der Waals surface area contributed by atoms with Gasteiger partial charge in [0.25, 0.3) is 0 Å². The highest BCUT2D eigenvalue weighted by Gasteiger charge is 2.35. The second-order valence-electron chi connectivity index (χ2n) is 6.91. The van der Waals surface area contributed by atoms with Crippen LogP contribution < -0.4 is 5.73 Å². The molecule has 27 heavy (non-hydrogen) atoms. The first-order valence-electron chi connectivity index (χ1n) is 9.09. The molecule has 0 radical (unpaired) electrons. The van der Waals surface area contributed by atoms with Crippen molar-refractivity contribution < 1.29 is 4.79 Å². The lowest BCUT2D eigenvalue weighted by Gasteiger charge is -2.17. The molecular weight excluding hydrogens is 340 g/mol. The number of hydrogen-bond donors (Lipinski definition) is 1. The highest BCUT2D eigenvalue weighted by atomic mass is 16.2. The summed E-state index contributed by atoms with van der Waals surface area (Å²) < 4.78 is 1.59. The van der Waals surface area contributed by atoms with Gasteiger partial charge in [-0.1, -0.05) is 42.5 Å². The van der Waals surface area contributed by atoms with E-state index in [0.29, 0.717) is 24.8 Å². The molecule has 0 spiro atoms. The molecular formula is C20H22N6O. The third-order valence-electron chi connectivity index (χ3n) is 5.23. The average molecular weight is 362 g/mol. The van der Waals surface area contributed by atoms with Crippen LogP contribution in [0.4, 0.5) is 0 Å². The number of hydrogen-bond acceptors (Lipinski definition) is 5. The van der Waals surface area contributed by atoms with Crippen LogP contribution in [-0.2, 0) is 11.2 Å². The topological polar surface area (TPSA) is 89.9 Å². The van der Waals surface area contributed by atoms with E-state index in [4.69, 9.17) is 5.73 Å². The molecule has 4 rings (SSSR count). The Labute approximate surface area is 157 Å². The summed E-state index contributed by atoms with van der Waals surface area (Å²) in [7, 11) is 0. The molecule has 1 amide bonds. The average Bonchev–Trinajstić information content (AvgIpc) is 3.39. The standard InChI is InChI=1S/C20H22N6O/c21-11-17-12-25(13-19(17)16-4-2-1-3-5-16)20(27)10-15-6-8-18(9-7-15)26-14-22-23-24-26/h1-9,14,17,19H,10-13,21H2/t17-,19+/m1/s1. The fraction of sp³-hybridized carbons (Fsp3) is 0.300. The summed E-state index contributed by atoms with van der Waals surface area (Å²) in [5.41, 5.74) is 9.08. The maximum atomic E-state index is 12.8. The minimum absolute atomic E-state index is 0.141. The Hall–Kier alpha value is -3.06. The monoisotopic (exact) mass is 362 g/mol. The summed E-state index contributed by atoms with van der Waals surface area (Å²) >= 11 is 0. The number of aromatic nitrogens is 4. The largest absolute Gasteiger partial charge is 0.341 e. The van der Waals surface area contributed by atoms with Crippen molar-refractivity contribution in [2.75, 3.05) is 19.6 Å². The van der Waals surface area contributed by atoms with Gasteiger partial charge in [-0.3, -0.25) is 4.79 Å². The third kappa shape index (κ3) is 3.73. The highest BCUT2D eigenvalue weighted by molar-refractivity contribution is 5.79. The number of carbonyl (C=O) groups excluding carboxylic acids is 1. The first-order valence-corrected chi connectivity index (χ1v) is 9.09. The van der Waals surface area contributed by atoms with Crippen molar-refractivity contribution in [1.29, 1.82) is 0 Å². The van der Waals surface area contributed by atoms with E-state index in [-0.39, 0.29) is 5.91 Å². The molecule has 0 unspecified atom stereocenters. The zero-order valence-corrected chi connectivity index (χ0v) is 15.0. The van der Waals surface area contributed by atoms with Crippen LogP contribution in [0, 0.1) is 5.92 Å². The number of nitrogens with zero attached hydrogens (tertiary/aromatic N) is 5. The smallest absolute Gasteiger partial charge is 0.227 e. The van der Waals surface area contributed by atoms with Crippen LogP contribution in [-0.4, -0.2) is 50.6 Å². The van der Waals surface area contributed by atoms with Crippen LogP contribution >= 0.6 is 0 Å². The van der Waals surface area contributed by atoms with Gasteiger partial charge in [0.05, 0.1) is 12.1 Å². The quantitative estimate of drug-likeness (QED) is 0.741. The zero-order chi connectivity index (χ0) is 18.6. The Bertz CT molecular complexity index is 879. The Morgan fingerprint density at radius 2 is 1.85 bits per heavy atom. The van der Waals surface area contributed by atoms with E-state index in [1.165, 1.54) is 5.56 Å². The lowest BCUT2D eigenvalue weighted by atomic mass is 9.89. The lowest BCUT2D eigenvalue weighted by molar-refractivity contribution is -0.129. The molecule has 1 saturated heterocycles. The zero-order valence-electron chi connectivity index (χ0n) is 15.0. The minimum Gasteiger partial charge on any atom is -0.341 e. The van der Waals surface area contributed by atoms with Crippen molar-refractivity contribution in [3.8, 4) is 5.69 Å². The van der Waals surface area contributed by atoms with Gasteiger partial charge in [0.15, 0.2) is 0 Å². The van der Waals surface area contributed by atoms with E-state index in [1.54, 1.807) is 11.0 Å². The predicted molar refractivity (Wildman–Crippen MR) is 101 cm³/mol. The fourth-order valence-corrected chi connectivity index (χ4v) is 3.72. The van der Waals surface area contributed by atoms with Crippen LogP contribution in [0.2, 0.25) is 0 Å². The van der Waals surface area contributed by atoms with E-state index in [2.05, 4.69) is 27.7 Å². The minimum atomic E-state index is 0.141. The molecule has 7 nitrogen and oxygen atoms in total. The van der Waals surface area contributed by atoms with Crippen LogP contribution in [0.15, 0.2) is 60.9 Å². The Morgan fingerprint density at radius 3 is 2.52 bits per heavy atom. The molecule has 2 N–H and O–H groups in total. The van der Waals surface area contributed by atoms with Crippen LogP contribution in [0.1, 0.15) is 17.0 Å². The second-order valence-corrected chi connectivity index (χ2v) is 6.91. The number of tetrazole rings is 1. The van der Waals surface area contributed by atoms with Crippen molar-refractivity contribution >= 4 is 5.91 Å². The van der Waals surface area contributed by atoms with E-state index < -0.39 is 0 Å². The molecule has 3 aromatic rings. The normalized spacial score (nSPS) is 19.4. The van der Waals surface area contributed by atoms with Gasteiger partial charge in [-0.2, -0.15) is 0 Å². The molecule has 2 atom stereocenters. The van der Waals surface area contributed by atoms with Gasteiger partial charge in [-0.25, -0.2) is 4.68 Å². The van der Waals surface area contributed by atoms with E-state index in [9.17, 15) is 4.79 Å². The maximum Gasteiger partial charge on any atom is 0.227 e. The van der Waals surface area contributed by atoms with Gasteiger partial charge < -0.3 is 10.6 Å². The first-order chi connectivity index (χ1) is 13.2. The number of benzene rings is 2. The number of likely N-dealkylation sites (tertiary alicyclic amines) is 1. The Morgan fingerprint density at radius 1 is 1.07 bits per heavy atom. The molecule has 1 aliphatic heterocycles. The van der Waals surface area contributed by atoms with Crippen molar-refractivity contribution in [1.82, 2.24) is 25.1 Å². The van der Waals surface area contributed by atoms with Gasteiger partial charge >= 0.3 is 0 Å². The Balaban J connectivity index is 1.42. The molecule has 2 aromatic carbocycles. The van der Waals surface area contributed by atoms with Crippen molar-refractivity contribution in [3.05, 3.63) is 72.1 Å². The van der Waals surface area contributed by atoms with Gasteiger partial charge in [0, 0.05) is 19.0 Å². The van der Waals surface area contributed by atoms with Crippen molar-refractivity contribution in [3.63, 3.8) is 0 Å². The summed E-state index contributed by atoms with van der Waals surface area (Å²) in [6.07, 6.45) is 1.93. The lowest BCUT2D eigenvalue weighted by Crippen LogP contribution is -2.31. The van der Waals surface area contributed by atoms with Crippen LogP contribution in [0.25, 0.3) is 5.69 Å². The molecule has 2 heterocycles. The fourth-order valence-electron chi connectivity index (χ4n) is 3.72. The van der Waals surface area contributed by atoms with E-state index in [0.717, 1.165) is 24.3 Å². The maximum absolute atomic E-state index is 12.8. The second kappa shape index (κ2) is 7.67. The van der Waals surface area contributed by atoms with E-state index in [1.807, 2.05) is 47.4 Å². The van der Waals surface area contributed by atoms with Crippen LogP contribution in [0.5, 0.6) is 0 Å². The van der Waals surface area contributed by atoms with Gasteiger partial charge in [-0.15, -0.1) is 5.10 Å².